The number of hydrogen-bond donors (Lipinski definition) is 2. The molecule has 5 heteroatoms. The molecule has 1 aliphatic heterocycles. The van der Waals surface area contributed by atoms with Gasteiger partial charge in [-0.25, -0.2) is 4.79 Å². The second-order valence-corrected chi connectivity index (χ2v) is 5.90. The van der Waals surface area contributed by atoms with Gasteiger partial charge in [-0.3, -0.25) is 0 Å². The fourth-order valence-corrected chi connectivity index (χ4v) is 2.86. The fourth-order valence-electron chi connectivity index (χ4n) is 2.86. The number of nitrogens with one attached hydrogen (secondary N) is 1. The molecule has 1 fully saturated rings. The van der Waals surface area contributed by atoms with E-state index in [4.69, 9.17) is 5.73 Å². The highest BCUT2D eigenvalue weighted by Crippen LogP contribution is 2.18. The SMILES string of the molecule is CN(C)C(CNC1CCN(C(N)=O)CC1)c1ccccc1. The number of hydrogen-bond acceptors (Lipinski definition) is 3. The maximum atomic E-state index is 11.1. The minimum absolute atomic E-state index is 0.302. The Morgan fingerprint density at radius 2 is 1.95 bits per heavy atom. The van der Waals surface area contributed by atoms with E-state index >= 15 is 0 Å². The zero-order valence-electron chi connectivity index (χ0n) is 13.0. The van der Waals surface area contributed by atoms with Gasteiger partial charge in [0, 0.05) is 31.7 Å². The first-order valence-electron chi connectivity index (χ1n) is 7.57. The molecule has 1 aromatic carbocycles. The van der Waals surface area contributed by atoms with Crippen molar-refractivity contribution in [3.05, 3.63) is 35.9 Å². The van der Waals surface area contributed by atoms with Gasteiger partial charge in [0.2, 0.25) is 0 Å². The number of nitrogens with zero attached hydrogens (tertiary/aromatic N) is 2. The van der Waals surface area contributed by atoms with E-state index in [1.807, 2.05) is 6.07 Å². The monoisotopic (exact) mass is 290 g/mol. The Bertz CT molecular complexity index is 441. The number of likely N-dealkylation sites (N-methyl/N-ethyl adjacent to an activating group) is 1. The fraction of sp³-hybridized carbons (Fsp3) is 0.562. The molecule has 0 spiro atoms. The van der Waals surface area contributed by atoms with Crippen LogP contribution in [0.1, 0.15) is 24.4 Å². The minimum atomic E-state index is -0.302. The van der Waals surface area contributed by atoms with E-state index < -0.39 is 0 Å². The summed E-state index contributed by atoms with van der Waals surface area (Å²) >= 11 is 0. The number of carbonyl (C=O) groups is 1. The molecule has 0 radical (unpaired) electrons. The summed E-state index contributed by atoms with van der Waals surface area (Å²) in [7, 11) is 4.21. The highest BCUT2D eigenvalue weighted by molar-refractivity contribution is 5.72. The van der Waals surface area contributed by atoms with Crippen LogP contribution in [-0.2, 0) is 0 Å². The van der Waals surface area contributed by atoms with Gasteiger partial charge in [0.05, 0.1) is 0 Å². The Morgan fingerprint density at radius 1 is 1.33 bits per heavy atom. The average molecular weight is 290 g/mol. The van der Waals surface area contributed by atoms with Gasteiger partial charge in [0.1, 0.15) is 0 Å². The molecule has 0 aromatic heterocycles. The predicted octanol–water partition coefficient (Wildman–Crippen LogP) is 1.42. The highest BCUT2D eigenvalue weighted by atomic mass is 16.2. The van der Waals surface area contributed by atoms with Crippen LogP contribution in [0.5, 0.6) is 0 Å². The summed E-state index contributed by atoms with van der Waals surface area (Å²) in [5, 5.41) is 3.64. The quantitative estimate of drug-likeness (QED) is 0.862. The molecule has 0 aliphatic carbocycles. The van der Waals surface area contributed by atoms with Gasteiger partial charge in [-0.1, -0.05) is 30.3 Å². The summed E-state index contributed by atoms with van der Waals surface area (Å²) in [6.07, 6.45) is 1.94. The lowest BCUT2D eigenvalue weighted by atomic mass is 10.0. The summed E-state index contributed by atoms with van der Waals surface area (Å²) < 4.78 is 0. The first-order valence-corrected chi connectivity index (χ1v) is 7.57. The molecule has 0 bridgehead atoms. The Hall–Kier alpha value is -1.59. The van der Waals surface area contributed by atoms with Crippen LogP contribution in [-0.4, -0.2) is 55.6 Å². The van der Waals surface area contributed by atoms with Crippen molar-refractivity contribution in [2.75, 3.05) is 33.7 Å². The van der Waals surface area contributed by atoms with E-state index in [1.54, 1.807) is 4.90 Å². The molecular formula is C16H26N4O. The molecule has 2 amide bonds. The molecule has 1 aliphatic rings. The number of likely N-dealkylation sites (tertiary alicyclic amines) is 1. The van der Waals surface area contributed by atoms with E-state index in [-0.39, 0.29) is 6.03 Å². The van der Waals surface area contributed by atoms with E-state index in [0.29, 0.717) is 12.1 Å². The number of rotatable bonds is 5. The van der Waals surface area contributed by atoms with Crippen molar-refractivity contribution in [3.63, 3.8) is 0 Å². The van der Waals surface area contributed by atoms with Crippen molar-refractivity contribution in [3.8, 4) is 0 Å². The number of urea groups is 1. The summed E-state index contributed by atoms with van der Waals surface area (Å²) in [6.45, 7) is 2.42. The maximum Gasteiger partial charge on any atom is 0.314 e. The molecule has 1 heterocycles. The van der Waals surface area contributed by atoms with Gasteiger partial charge in [0.15, 0.2) is 0 Å². The summed E-state index contributed by atoms with van der Waals surface area (Å²) in [5.41, 5.74) is 6.63. The van der Waals surface area contributed by atoms with Gasteiger partial charge < -0.3 is 20.9 Å². The van der Waals surface area contributed by atoms with Gasteiger partial charge in [0.25, 0.3) is 0 Å². The number of piperidine rings is 1. The van der Waals surface area contributed by atoms with Crippen molar-refractivity contribution >= 4 is 6.03 Å². The molecule has 0 saturated carbocycles. The first-order chi connectivity index (χ1) is 10.1. The summed E-state index contributed by atoms with van der Waals surface area (Å²) in [5.74, 6) is 0. The average Bonchev–Trinajstić information content (AvgIpc) is 2.48. The summed E-state index contributed by atoms with van der Waals surface area (Å²) in [6, 6.07) is 11.1. The van der Waals surface area contributed by atoms with Gasteiger partial charge in [-0.05, 0) is 32.5 Å². The van der Waals surface area contributed by atoms with Gasteiger partial charge in [-0.15, -0.1) is 0 Å². The van der Waals surface area contributed by atoms with Crippen molar-refractivity contribution in [1.82, 2.24) is 15.1 Å². The summed E-state index contributed by atoms with van der Waals surface area (Å²) in [4.78, 5) is 15.1. The lowest BCUT2D eigenvalue weighted by Gasteiger charge is -2.33. The number of benzene rings is 1. The van der Waals surface area contributed by atoms with E-state index in [2.05, 4.69) is 48.6 Å². The van der Waals surface area contributed by atoms with Crippen molar-refractivity contribution in [2.24, 2.45) is 5.73 Å². The van der Waals surface area contributed by atoms with Gasteiger partial charge in [-0.2, -0.15) is 0 Å². The van der Waals surface area contributed by atoms with Crippen LogP contribution in [0.2, 0.25) is 0 Å². The van der Waals surface area contributed by atoms with Gasteiger partial charge >= 0.3 is 6.03 Å². The third kappa shape index (κ3) is 4.44. The predicted molar refractivity (Wildman–Crippen MR) is 85.1 cm³/mol. The van der Waals surface area contributed by atoms with Crippen LogP contribution in [0, 0.1) is 0 Å². The number of carbonyl (C=O) groups excluding carboxylic acids is 1. The molecule has 5 nitrogen and oxygen atoms in total. The van der Waals surface area contributed by atoms with Crippen molar-refractivity contribution < 1.29 is 4.79 Å². The Morgan fingerprint density at radius 3 is 2.48 bits per heavy atom. The van der Waals surface area contributed by atoms with E-state index in [0.717, 1.165) is 32.5 Å². The van der Waals surface area contributed by atoms with Crippen LogP contribution >= 0.6 is 0 Å². The zero-order valence-corrected chi connectivity index (χ0v) is 13.0. The number of amides is 2. The molecule has 2 rings (SSSR count). The Labute approximate surface area is 127 Å². The molecule has 1 atom stereocenters. The topological polar surface area (TPSA) is 61.6 Å². The van der Waals surface area contributed by atoms with Crippen molar-refractivity contribution in [2.45, 2.75) is 24.9 Å². The van der Waals surface area contributed by atoms with E-state index in [9.17, 15) is 4.79 Å². The molecule has 1 saturated heterocycles. The molecular weight excluding hydrogens is 264 g/mol. The minimum Gasteiger partial charge on any atom is -0.351 e. The third-order valence-corrected chi connectivity index (χ3v) is 4.21. The highest BCUT2D eigenvalue weighted by Gasteiger charge is 2.22. The zero-order chi connectivity index (χ0) is 15.2. The lowest BCUT2D eigenvalue weighted by Crippen LogP contribution is -2.48. The maximum absolute atomic E-state index is 11.1. The molecule has 1 aromatic rings. The molecule has 1 unspecified atom stereocenters. The third-order valence-electron chi connectivity index (χ3n) is 4.21. The van der Waals surface area contributed by atoms with Crippen LogP contribution in [0.15, 0.2) is 30.3 Å². The van der Waals surface area contributed by atoms with E-state index in [1.165, 1.54) is 5.56 Å². The second kappa shape index (κ2) is 7.43. The second-order valence-electron chi connectivity index (χ2n) is 5.90. The van der Waals surface area contributed by atoms with Crippen LogP contribution < -0.4 is 11.1 Å². The number of primary amides is 1. The molecule has 21 heavy (non-hydrogen) atoms. The smallest absolute Gasteiger partial charge is 0.314 e. The molecule has 116 valence electrons. The Kier molecular flexibility index (Phi) is 5.59. The Balaban J connectivity index is 1.85. The van der Waals surface area contributed by atoms with Crippen molar-refractivity contribution in [1.29, 1.82) is 0 Å². The lowest BCUT2D eigenvalue weighted by molar-refractivity contribution is 0.181. The van der Waals surface area contributed by atoms with Crippen LogP contribution in [0.4, 0.5) is 4.79 Å². The van der Waals surface area contributed by atoms with Crippen LogP contribution in [0.3, 0.4) is 0 Å². The first kappa shape index (κ1) is 15.8. The standard InChI is InChI=1S/C16H26N4O/c1-19(2)15(13-6-4-3-5-7-13)12-18-14-8-10-20(11-9-14)16(17)21/h3-7,14-15,18H,8-12H2,1-2H3,(H2,17,21). The number of nitrogens with two attached hydrogens (primary N) is 1. The molecule has 3 N–H and O–H groups in total. The van der Waals surface area contributed by atoms with Crippen LogP contribution in [0.25, 0.3) is 0 Å². The largest absolute Gasteiger partial charge is 0.351 e. The normalized spacial score (nSPS) is 18.0.